The maximum Gasteiger partial charge on any atom is 0.196 e. The van der Waals surface area contributed by atoms with Crippen molar-refractivity contribution in [3.8, 4) is 0 Å². The number of ketones is 1. The number of rotatable bonds is 3. The summed E-state index contributed by atoms with van der Waals surface area (Å²) in [6.07, 6.45) is 3.40. The molecule has 0 fully saturated rings. The van der Waals surface area contributed by atoms with Gasteiger partial charge in [0.05, 0.1) is 11.8 Å². The van der Waals surface area contributed by atoms with E-state index in [2.05, 4.69) is 27.7 Å². The summed E-state index contributed by atoms with van der Waals surface area (Å²) in [5.74, 6) is 0.0261. The number of halogens is 1. The van der Waals surface area contributed by atoms with Gasteiger partial charge in [-0.1, -0.05) is 12.1 Å². The molecule has 1 heterocycles. The lowest BCUT2D eigenvalue weighted by atomic mass is 10.1. The van der Waals surface area contributed by atoms with Crippen molar-refractivity contribution in [3.63, 3.8) is 0 Å². The Morgan fingerprint density at radius 3 is 2.88 bits per heavy atom. The van der Waals surface area contributed by atoms with E-state index in [1.165, 1.54) is 0 Å². The molecule has 3 nitrogen and oxygen atoms in total. The van der Waals surface area contributed by atoms with Gasteiger partial charge in [-0.05, 0) is 41.6 Å². The van der Waals surface area contributed by atoms with Gasteiger partial charge in [0.15, 0.2) is 5.78 Å². The van der Waals surface area contributed by atoms with Gasteiger partial charge in [-0.3, -0.25) is 9.48 Å². The molecule has 2 aromatic rings. The molecule has 16 heavy (non-hydrogen) atoms. The first kappa shape index (κ1) is 11.3. The van der Waals surface area contributed by atoms with E-state index in [0.717, 1.165) is 10.1 Å². The van der Waals surface area contributed by atoms with Crippen LogP contribution in [0.1, 0.15) is 22.8 Å². The number of carbonyl (C=O) groups excluding carboxylic acids is 1. The lowest BCUT2D eigenvalue weighted by molar-refractivity contribution is 0.103. The van der Waals surface area contributed by atoms with E-state index < -0.39 is 0 Å². The summed E-state index contributed by atoms with van der Waals surface area (Å²) in [7, 11) is 0. The predicted molar refractivity (Wildman–Crippen MR) is 70.5 cm³/mol. The van der Waals surface area contributed by atoms with Crippen LogP contribution in [0.2, 0.25) is 0 Å². The minimum Gasteiger partial charge on any atom is -0.288 e. The molecule has 0 unspecified atom stereocenters. The monoisotopic (exact) mass is 326 g/mol. The van der Waals surface area contributed by atoms with Crippen LogP contribution >= 0.6 is 22.6 Å². The van der Waals surface area contributed by atoms with E-state index in [9.17, 15) is 4.79 Å². The van der Waals surface area contributed by atoms with Gasteiger partial charge in [0.25, 0.3) is 0 Å². The Hall–Kier alpha value is -1.17. The van der Waals surface area contributed by atoms with Crippen LogP contribution in [0.4, 0.5) is 0 Å². The largest absolute Gasteiger partial charge is 0.288 e. The van der Waals surface area contributed by atoms with E-state index in [0.29, 0.717) is 11.1 Å². The molecule has 0 saturated heterocycles. The lowest BCUT2D eigenvalue weighted by Gasteiger charge is -1.98. The van der Waals surface area contributed by atoms with Crippen LogP contribution in [-0.2, 0) is 6.54 Å². The van der Waals surface area contributed by atoms with Gasteiger partial charge >= 0.3 is 0 Å². The summed E-state index contributed by atoms with van der Waals surface area (Å²) in [6, 6.07) is 7.56. The fourth-order valence-corrected chi connectivity index (χ4v) is 1.99. The molecule has 82 valence electrons. The minimum atomic E-state index is 0.0261. The summed E-state index contributed by atoms with van der Waals surface area (Å²) in [6.45, 7) is 2.77. The van der Waals surface area contributed by atoms with Gasteiger partial charge in [-0.25, -0.2) is 0 Å². The Kier molecular flexibility index (Phi) is 3.38. The number of hydrogen-bond donors (Lipinski definition) is 0. The third kappa shape index (κ3) is 2.32. The molecule has 0 atom stereocenters. The van der Waals surface area contributed by atoms with E-state index in [4.69, 9.17) is 0 Å². The van der Waals surface area contributed by atoms with Crippen molar-refractivity contribution in [3.05, 3.63) is 51.4 Å². The van der Waals surface area contributed by atoms with Gasteiger partial charge in [0.2, 0.25) is 0 Å². The van der Waals surface area contributed by atoms with Crippen molar-refractivity contribution in [2.45, 2.75) is 13.5 Å². The first-order valence-corrected chi connectivity index (χ1v) is 6.11. The molecule has 0 aliphatic heterocycles. The van der Waals surface area contributed by atoms with Crippen molar-refractivity contribution in [2.75, 3.05) is 0 Å². The van der Waals surface area contributed by atoms with Gasteiger partial charge in [-0.15, -0.1) is 0 Å². The van der Waals surface area contributed by atoms with Gasteiger partial charge < -0.3 is 0 Å². The fraction of sp³-hybridized carbons (Fsp3) is 0.167. The van der Waals surface area contributed by atoms with Crippen molar-refractivity contribution in [1.82, 2.24) is 9.78 Å². The number of hydrogen-bond acceptors (Lipinski definition) is 2. The normalized spacial score (nSPS) is 10.4. The molecule has 0 amide bonds. The number of benzene rings is 1. The number of aromatic nitrogens is 2. The molecule has 0 spiro atoms. The Morgan fingerprint density at radius 2 is 2.25 bits per heavy atom. The predicted octanol–water partition coefficient (Wildman–Crippen LogP) is 2.74. The second-order valence-corrected chi connectivity index (χ2v) is 4.67. The van der Waals surface area contributed by atoms with Crippen molar-refractivity contribution in [1.29, 1.82) is 0 Å². The molecule has 0 radical (unpaired) electrons. The average Bonchev–Trinajstić information content (AvgIpc) is 2.76. The van der Waals surface area contributed by atoms with E-state index >= 15 is 0 Å². The molecule has 0 aliphatic carbocycles. The second-order valence-electron chi connectivity index (χ2n) is 3.42. The van der Waals surface area contributed by atoms with Gasteiger partial charge in [0, 0.05) is 21.9 Å². The summed E-state index contributed by atoms with van der Waals surface area (Å²) in [5.41, 5.74) is 1.35. The molecule has 2 rings (SSSR count). The van der Waals surface area contributed by atoms with Crippen molar-refractivity contribution >= 4 is 28.4 Å². The Bertz CT molecular complexity index is 519. The maximum atomic E-state index is 12.1. The standard InChI is InChI=1S/C12H11IN2O/c1-2-15-8-10(7-14-15)12(16)9-4-3-5-11(13)6-9/h3-8H,2H2,1H3. The SMILES string of the molecule is CCn1cc(C(=O)c2cccc(I)c2)cn1. The highest BCUT2D eigenvalue weighted by molar-refractivity contribution is 14.1. The number of nitrogens with zero attached hydrogens (tertiary/aromatic N) is 2. The zero-order valence-corrected chi connectivity index (χ0v) is 11.0. The van der Waals surface area contributed by atoms with Crippen molar-refractivity contribution < 1.29 is 4.79 Å². The first-order chi connectivity index (χ1) is 7.70. The lowest BCUT2D eigenvalue weighted by Crippen LogP contribution is -2.00. The summed E-state index contributed by atoms with van der Waals surface area (Å²) < 4.78 is 2.81. The summed E-state index contributed by atoms with van der Waals surface area (Å²) in [5, 5.41) is 4.10. The van der Waals surface area contributed by atoms with Crippen LogP contribution in [0, 0.1) is 3.57 Å². The molecule has 0 N–H and O–H groups in total. The Balaban J connectivity index is 2.31. The minimum absolute atomic E-state index is 0.0261. The average molecular weight is 326 g/mol. The van der Waals surface area contributed by atoms with Crippen LogP contribution in [0.25, 0.3) is 0 Å². The Labute approximate surface area is 108 Å². The summed E-state index contributed by atoms with van der Waals surface area (Å²) in [4.78, 5) is 12.1. The third-order valence-electron chi connectivity index (χ3n) is 2.31. The van der Waals surface area contributed by atoms with Crippen LogP contribution in [-0.4, -0.2) is 15.6 Å². The highest BCUT2D eigenvalue weighted by Gasteiger charge is 2.11. The van der Waals surface area contributed by atoms with Gasteiger partial charge in [-0.2, -0.15) is 5.10 Å². The zero-order chi connectivity index (χ0) is 11.5. The highest BCUT2D eigenvalue weighted by Crippen LogP contribution is 2.12. The molecule has 1 aromatic carbocycles. The molecule has 4 heteroatoms. The zero-order valence-electron chi connectivity index (χ0n) is 8.85. The second kappa shape index (κ2) is 4.78. The maximum absolute atomic E-state index is 12.1. The van der Waals surface area contributed by atoms with E-state index in [-0.39, 0.29) is 5.78 Å². The van der Waals surface area contributed by atoms with E-state index in [1.807, 2.05) is 31.2 Å². The highest BCUT2D eigenvalue weighted by atomic mass is 127. The van der Waals surface area contributed by atoms with Crippen molar-refractivity contribution in [2.24, 2.45) is 0 Å². The number of aryl methyl sites for hydroxylation is 1. The van der Waals surface area contributed by atoms with Gasteiger partial charge in [0.1, 0.15) is 0 Å². The van der Waals surface area contributed by atoms with Crippen LogP contribution in [0.5, 0.6) is 0 Å². The topological polar surface area (TPSA) is 34.9 Å². The quantitative estimate of drug-likeness (QED) is 0.642. The number of carbonyl (C=O) groups is 1. The third-order valence-corrected chi connectivity index (χ3v) is 2.98. The molecule has 0 aliphatic rings. The molecule has 1 aromatic heterocycles. The molecule has 0 bridgehead atoms. The molecular formula is C12H11IN2O. The van der Waals surface area contributed by atoms with Crippen LogP contribution < -0.4 is 0 Å². The fourth-order valence-electron chi connectivity index (χ4n) is 1.45. The van der Waals surface area contributed by atoms with Crippen LogP contribution in [0.3, 0.4) is 0 Å². The molecule has 0 saturated carbocycles. The van der Waals surface area contributed by atoms with E-state index in [1.54, 1.807) is 17.1 Å². The smallest absolute Gasteiger partial charge is 0.196 e. The first-order valence-electron chi connectivity index (χ1n) is 5.03. The van der Waals surface area contributed by atoms with Crippen LogP contribution in [0.15, 0.2) is 36.7 Å². The Morgan fingerprint density at radius 1 is 1.44 bits per heavy atom. The molecular weight excluding hydrogens is 315 g/mol. The summed E-state index contributed by atoms with van der Waals surface area (Å²) >= 11 is 2.20.